The summed E-state index contributed by atoms with van der Waals surface area (Å²) >= 11 is 5.99. The molecule has 1 aliphatic carbocycles. The molecule has 0 aromatic heterocycles. The molecule has 0 radical (unpaired) electrons. The number of hydrogen-bond acceptors (Lipinski definition) is 3. The maximum Gasteiger partial charge on any atom is 0.223 e. The molecule has 1 N–H and O–H groups in total. The number of piperidine rings is 1. The molecule has 2 aromatic carbocycles. The Kier molecular flexibility index (Phi) is 6.89. The van der Waals surface area contributed by atoms with Crippen LogP contribution in [-0.4, -0.2) is 31.7 Å². The highest BCUT2D eigenvalue weighted by atomic mass is 35.5. The van der Waals surface area contributed by atoms with Gasteiger partial charge in [-0.25, -0.2) is 17.1 Å². The molecule has 4 rings (SSSR count). The quantitative estimate of drug-likeness (QED) is 0.669. The third kappa shape index (κ3) is 5.00. The van der Waals surface area contributed by atoms with Crippen molar-refractivity contribution in [3.8, 4) is 0 Å². The average Bonchev–Trinajstić information content (AvgIpc) is 3.24. The summed E-state index contributed by atoms with van der Waals surface area (Å²) in [5.41, 5.74) is 3.85. The van der Waals surface area contributed by atoms with Gasteiger partial charge in [0.15, 0.2) is 0 Å². The summed E-state index contributed by atoms with van der Waals surface area (Å²) in [7, 11) is -3.73. The van der Waals surface area contributed by atoms with Crippen molar-refractivity contribution in [2.45, 2.75) is 50.8 Å². The predicted molar refractivity (Wildman–Crippen MR) is 123 cm³/mol. The van der Waals surface area contributed by atoms with Gasteiger partial charge in [0.05, 0.1) is 11.8 Å². The van der Waals surface area contributed by atoms with E-state index in [-0.39, 0.29) is 41.5 Å². The van der Waals surface area contributed by atoms with Gasteiger partial charge in [-0.15, -0.1) is 0 Å². The highest BCUT2D eigenvalue weighted by Crippen LogP contribution is 2.28. The van der Waals surface area contributed by atoms with Gasteiger partial charge < -0.3 is 5.32 Å². The van der Waals surface area contributed by atoms with Gasteiger partial charge in [0.1, 0.15) is 5.82 Å². The SMILES string of the molecule is C[C@@H](NC(=O)C1CCN(S(=O)(=O)Cc2c(F)cccc2Cl)CC1)c1ccc2c(c1)CCC2. The van der Waals surface area contributed by atoms with Crippen LogP contribution in [0.2, 0.25) is 5.02 Å². The first kappa shape index (κ1) is 23.2. The van der Waals surface area contributed by atoms with E-state index in [9.17, 15) is 17.6 Å². The minimum atomic E-state index is -3.73. The first-order valence-electron chi connectivity index (χ1n) is 11.1. The van der Waals surface area contributed by atoms with Crippen LogP contribution in [-0.2, 0) is 33.4 Å². The Labute approximate surface area is 194 Å². The number of carbonyl (C=O) groups excluding carboxylic acids is 1. The molecule has 0 saturated carbocycles. The van der Waals surface area contributed by atoms with Crippen LogP contribution in [0.15, 0.2) is 36.4 Å². The van der Waals surface area contributed by atoms with Gasteiger partial charge in [-0.05, 0) is 67.9 Å². The molecular weight excluding hydrogens is 451 g/mol. The number of hydrogen-bond donors (Lipinski definition) is 1. The van der Waals surface area contributed by atoms with Crippen LogP contribution in [0.1, 0.15) is 54.5 Å². The van der Waals surface area contributed by atoms with Crippen LogP contribution < -0.4 is 5.32 Å². The molecule has 1 aliphatic heterocycles. The number of halogens is 2. The zero-order valence-electron chi connectivity index (χ0n) is 18.1. The number of aryl methyl sites for hydroxylation is 2. The maximum atomic E-state index is 14.0. The van der Waals surface area contributed by atoms with Gasteiger partial charge >= 0.3 is 0 Å². The van der Waals surface area contributed by atoms with E-state index in [1.54, 1.807) is 0 Å². The van der Waals surface area contributed by atoms with Crippen molar-refractivity contribution in [1.82, 2.24) is 9.62 Å². The first-order chi connectivity index (χ1) is 15.2. The summed E-state index contributed by atoms with van der Waals surface area (Å²) in [6.45, 7) is 2.45. The predicted octanol–water partition coefficient (Wildman–Crippen LogP) is 4.39. The number of nitrogens with zero attached hydrogens (tertiary/aromatic N) is 1. The fraction of sp³-hybridized carbons (Fsp3) is 0.458. The average molecular weight is 479 g/mol. The lowest BCUT2D eigenvalue weighted by molar-refractivity contribution is -0.126. The number of amides is 1. The highest BCUT2D eigenvalue weighted by molar-refractivity contribution is 7.88. The molecule has 1 heterocycles. The van der Waals surface area contributed by atoms with Gasteiger partial charge in [-0.3, -0.25) is 4.79 Å². The van der Waals surface area contributed by atoms with E-state index in [0.717, 1.165) is 18.4 Å². The first-order valence-corrected chi connectivity index (χ1v) is 13.1. The topological polar surface area (TPSA) is 66.5 Å². The van der Waals surface area contributed by atoms with Crippen LogP contribution in [0, 0.1) is 11.7 Å². The zero-order valence-corrected chi connectivity index (χ0v) is 19.7. The lowest BCUT2D eigenvalue weighted by Gasteiger charge is -2.31. The summed E-state index contributed by atoms with van der Waals surface area (Å²) < 4.78 is 41.0. The van der Waals surface area contributed by atoms with Gasteiger partial charge in [0.25, 0.3) is 0 Å². The van der Waals surface area contributed by atoms with Crippen LogP contribution in [0.25, 0.3) is 0 Å². The van der Waals surface area contributed by atoms with Crippen molar-refractivity contribution in [1.29, 1.82) is 0 Å². The Morgan fingerprint density at radius 2 is 1.91 bits per heavy atom. The smallest absolute Gasteiger partial charge is 0.223 e. The number of fused-ring (bicyclic) bond motifs is 1. The van der Waals surface area contributed by atoms with Crippen LogP contribution in [0.4, 0.5) is 4.39 Å². The molecule has 1 saturated heterocycles. The Hall–Kier alpha value is -1.96. The van der Waals surface area contributed by atoms with E-state index < -0.39 is 21.6 Å². The zero-order chi connectivity index (χ0) is 22.9. The molecule has 2 aliphatic rings. The van der Waals surface area contributed by atoms with E-state index in [2.05, 4.69) is 23.5 Å². The Morgan fingerprint density at radius 3 is 2.62 bits per heavy atom. The summed E-state index contributed by atoms with van der Waals surface area (Å²) in [5.74, 6) is -1.40. The lowest BCUT2D eigenvalue weighted by atomic mass is 9.96. The minimum absolute atomic E-state index is 0.0165. The van der Waals surface area contributed by atoms with Gasteiger partial charge in [0.2, 0.25) is 15.9 Å². The number of sulfonamides is 1. The normalized spacial score (nSPS) is 18.3. The van der Waals surface area contributed by atoms with Crippen LogP contribution >= 0.6 is 11.6 Å². The highest BCUT2D eigenvalue weighted by Gasteiger charge is 2.32. The Balaban J connectivity index is 1.33. The van der Waals surface area contributed by atoms with Crippen molar-refractivity contribution < 1.29 is 17.6 Å². The van der Waals surface area contributed by atoms with Crippen molar-refractivity contribution in [2.24, 2.45) is 5.92 Å². The molecule has 8 heteroatoms. The molecule has 1 atom stereocenters. The molecule has 172 valence electrons. The monoisotopic (exact) mass is 478 g/mol. The second-order valence-electron chi connectivity index (χ2n) is 8.74. The number of carbonyl (C=O) groups is 1. The molecule has 32 heavy (non-hydrogen) atoms. The van der Waals surface area contributed by atoms with Crippen molar-refractivity contribution >= 4 is 27.5 Å². The maximum absolute atomic E-state index is 14.0. The molecule has 1 amide bonds. The second kappa shape index (κ2) is 9.49. The molecule has 1 fully saturated rings. The third-order valence-corrected chi connectivity index (χ3v) is 8.75. The third-order valence-electron chi connectivity index (χ3n) is 6.59. The van der Waals surface area contributed by atoms with Crippen molar-refractivity contribution in [2.75, 3.05) is 13.1 Å². The van der Waals surface area contributed by atoms with Gasteiger partial charge in [0, 0.05) is 29.6 Å². The Morgan fingerprint density at radius 1 is 1.19 bits per heavy atom. The fourth-order valence-corrected chi connectivity index (χ4v) is 6.53. The number of nitrogens with one attached hydrogen (secondary N) is 1. The lowest BCUT2D eigenvalue weighted by Crippen LogP contribution is -2.43. The number of benzene rings is 2. The van der Waals surface area contributed by atoms with Crippen molar-refractivity contribution in [3.63, 3.8) is 0 Å². The second-order valence-corrected chi connectivity index (χ2v) is 11.1. The molecule has 0 bridgehead atoms. The van der Waals surface area contributed by atoms with E-state index in [1.165, 1.54) is 40.1 Å². The van der Waals surface area contributed by atoms with Gasteiger partial charge in [-0.1, -0.05) is 35.9 Å². The largest absolute Gasteiger partial charge is 0.349 e. The Bertz CT molecular complexity index is 1090. The molecule has 2 aromatic rings. The van der Waals surface area contributed by atoms with Gasteiger partial charge in [-0.2, -0.15) is 0 Å². The summed E-state index contributed by atoms with van der Waals surface area (Å²) in [5, 5.41) is 3.19. The fourth-order valence-electron chi connectivity index (χ4n) is 4.62. The van der Waals surface area contributed by atoms with E-state index in [0.29, 0.717) is 12.8 Å². The van der Waals surface area contributed by atoms with E-state index >= 15 is 0 Å². The summed E-state index contributed by atoms with van der Waals surface area (Å²) in [4.78, 5) is 12.8. The number of rotatable bonds is 6. The van der Waals surface area contributed by atoms with Crippen LogP contribution in [0.5, 0.6) is 0 Å². The van der Waals surface area contributed by atoms with Crippen LogP contribution in [0.3, 0.4) is 0 Å². The molecule has 5 nitrogen and oxygen atoms in total. The summed E-state index contributed by atoms with van der Waals surface area (Å²) in [6.07, 6.45) is 4.28. The summed E-state index contributed by atoms with van der Waals surface area (Å²) in [6, 6.07) is 10.5. The molecular formula is C24H28ClFN2O3S. The van der Waals surface area contributed by atoms with Crippen molar-refractivity contribution in [3.05, 3.63) is 69.5 Å². The van der Waals surface area contributed by atoms with E-state index in [1.807, 2.05) is 6.92 Å². The molecule has 0 spiro atoms. The molecule has 0 unspecified atom stereocenters. The standard InChI is InChI=1S/C24H28ClFN2O3S/c1-16(19-9-8-17-4-2-5-20(17)14-19)27-24(29)18-10-12-28(13-11-18)32(30,31)15-21-22(25)6-3-7-23(21)26/h3,6-9,14,16,18H,2,4-5,10-13,15H2,1H3,(H,27,29)/t16-/m1/s1. The van der Waals surface area contributed by atoms with E-state index in [4.69, 9.17) is 11.6 Å². The minimum Gasteiger partial charge on any atom is -0.349 e.